The van der Waals surface area contributed by atoms with Crippen LogP contribution in [0.1, 0.15) is 37.7 Å². The summed E-state index contributed by atoms with van der Waals surface area (Å²) >= 11 is 1.42. The molecule has 0 saturated carbocycles. The first-order chi connectivity index (χ1) is 10.2. The van der Waals surface area contributed by atoms with Crippen LogP contribution in [-0.4, -0.2) is 16.0 Å². The first-order valence-electron chi connectivity index (χ1n) is 6.98. The van der Waals surface area contributed by atoms with Crippen LogP contribution >= 0.6 is 11.3 Å². The number of aromatic nitrogens is 2. The summed E-state index contributed by atoms with van der Waals surface area (Å²) in [4.78, 5) is 20.4. The molecule has 2 aromatic rings. The Kier molecular flexibility index (Phi) is 4.65. The van der Waals surface area contributed by atoms with Gasteiger partial charge in [0.25, 0.3) is 0 Å². The molecule has 4 N–H and O–H groups in total. The molecule has 2 heterocycles. The third-order valence-electron chi connectivity index (χ3n) is 2.98. The molecule has 118 valence electrons. The van der Waals surface area contributed by atoms with E-state index in [2.05, 4.69) is 41.4 Å². The molecule has 0 saturated heterocycles. The molecule has 0 aliphatic heterocycles. The molecule has 7 heteroatoms. The summed E-state index contributed by atoms with van der Waals surface area (Å²) in [7, 11) is 0. The summed E-state index contributed by atoms with van der Waals surface area (Å²) in [5.74, 6) is 0.451. The Hall–Kier alpha value is -2.15. The maximum absolute atomic E-state index is 11.9. The van der Waals surface area contributed by atoms with Crippen LogP contribution in [0, 0.1) is 6.92 Å². The van der Waals surface area contributed by atoms with E-state index in [-0.39, 0.29) is 11.4 Å². The number of hydrogen-bond acceptors (Lipinski definition) is 5. The summed E-state index contributed by atoms with van der Waals surface area (Å²) in [6.45, 7) is 8.51. The van der Waals surface area contributed by atoms with Gasteiger partial charge in [0, 0.05) is 23.0 Å². The van der Waals surface area contributed by atoms with E-state index in [4.69, 9.17) is 5.73 Å². The van der Waals surface area contributed by atoms with Gasteiger partial charge in [-0.25, -0.2) is 14.8 Å². The van der Waals surface area contributed by atoms with E-state index < -0.39 is 0 Å². The molecule has 0 spiro atoms. The number of nitrogens with zero attached hydrogens (tertiary/aromatic N) is 2. The summed E-state index contributed by atoms with van der Waals surface area (Å²) in [5.41, 5.74) is 8.36. The van der Waals surface area contributed by atoms with E-state index in [9.17, 15) is 4.79 Å². The highest BCUT2D eigenvalue weighted by molar-refractivity contribution is 7.13. The molecule has 0 radical (unpaired) electrons. The Labute approximate surface area is 134 Å². The second kappa shape index (κ2) is 6.31. The molecule has 0 fully saturated rings. The number of pyridine rings is 1. The first-order valence-corrected chi connectivity index (χ1v) is 7.86. The number of aryl methyl sites for hydroxylation is 1. The Bertz CT molecular complexity index is 655. The fourth-order valence-corrected chi connectivity index (χ4v) is 2.80. The third-order valence-corrected chi connectivity index (χ3v) is 3.74. The van der Waals surface area contributed by atoms with E-state index in [0.717, 1.165) is 17.0 Å². The minimum Gasteiger partial charge on any atom is -0.384 e. The second-order valence-corrected chi connectivity index (χ2v) is 7.00. The predicted octanol–water partition coefficient (Wildman–Crippen LogP) is 3.05. The maximum Gasteiger partial charge on any atom is 0.321 e. The lowest BCUT2D eigenvalue weighted by atomic mass is 9.93. The number of rotatable bonds is 3. The van der Waals surface area contributed by atoms with Crippen molar-refractivity contribution in [3.8, 4) is 0 Å². The van der Waals surface area contributed by atoms with Crippen molar-refractivity contribution in [2.24, 2.45) is 0 Å². The van der Waals surface area contributed by atoms with Crippen molar-refractivity contribution in [2.45, 2.75) is 39.7 Å². The Morgan fingerprint density at radius 2 is 2.05 bits per heavy atom. The number of carbonyl (C=O) groups excluding carboxylic acids is 1. The number of nitrogens with one attached hydrogen (secondary N) is 2. The van der Waals surface area contributed by atoms with Crippen LogP contribution in [0.15, 0.2) is 17.5 Å². The van der Waals surface area contributed by atoms with Crippen LogP contribution in [0.3, 0.4) is 0 Å². The van der Waals surface area contributed by atoms with Crippen LogP contribution in [-0.2, 0) is 12.0 Å². The predicted molar refractivity (Wildman–Crippen MR) is 90.1 cm³/mol. The molecule has 6 nitrogen and oxygen atoms in total. The fraction of sp³-hybridized carbons (Fsp3) is 0.400. The third kappa shape index (κ3) is 4.42. The van der Waals surface area contributed by atoms with Crippen LogP contribution in [0.5, 0.6) is 0 Å². The van der Waals surface area contributed by atoms with E-state index in [1.165, 1.54) is 11.3 Å². The van der Waals surface area contributed by atoms with Gasteiger partial charge in [0.1, 0.15) is 5.82 Å². The van der Waals surface area contributed by atoms with Crippen LogP contribution in [0.4, 0.5) is 15.7 Å². The van der Waals surface area contributed by atoms with Crippen molar-refractivity contribution < 1.29 is 4.79 Å². The monoisotopic (exact) mass is 319 g/mol. The van der Waals surface area contributed by atoms with Gasteiger partial charge in [-0.2, -0.15) is 0 Å². The van der Waals surface area contributed by atoms with Crippen molar-refractivity contribution in [1.29, 1.82) is 0 Å². The molecule has 0 aliphatic carbocycles. The molecule has 0 aromatic carbocycles. The second-order valence-electron chi connectivity index (χ2n) is 6.14. The van der Waals surface area contributed by atoms with Crippen LogP contribution in [0.25, 0.3) is 0 Å². The highest BCUT2D eigenvalue weighted by Crippen LogP contribution is 2.26. The molecule has 2 rings (SSSR count). The van der Waals surface area contributed by atoms with E-state index in [0.29, 0.717) is 17.5 Å². The molecular formula is C15H21N5OS. The van der Waals surface area contributed by atoms with Gasteiger partial charge in [-0.15, -0.1) is 11.3 Å². The summed E-state index contributed by atoms with van der Waals surface area (Å²) in [6.07, 6.45) is 0. The summed E-state index contributed by atoms with van der Waals surface area (Å²) in [6, 6.07) is 3.34. The minimum absolute atomic E-state index is 0.0288. The normalized spacial score (nSPS) is 11.3. The summed E-state index contributed by atoms with van der Waals surface area (Å²) < 4.78 is 0. The fourth-order valence-electron chi connectivity index (χ4n) is 1.87. The SMILES string of the molecule is Cc1cc(CNC(=O)Nc2nc(C(C)(C)C)cs2)cc(N)n1. The van der Waals surface area contributed by atoms with Gasteiger partial charge in [0.05, 0.1) is 5.69 Å². The topological polar surface area (TPSA) is 92.9 Å². The Morgan fingerprint density at radius 1 is 1.32 bits per heavy atom. The van der Waals surface area contributed by atoms with Crippen molar-refractivity contribution in [1.82, 2.24) is 15.3 Å². The molecule has 0 atom stereocenters. The van der Waals surface area contributed by atoms with Gasteiger partial charge in [-0.1, -0.05) is 20.8 Å². The first kappa shape index (κ1) is 16.2. The van der Waals surface area contributed by atoms with Crippen molar-refractivity contribution >= 4 is 28.3 Å². The average molecular weight is 319 g/mol. The molecule has 0 aliphatic rings. The molecule has 2 aromatic heterocycles. The number of nitrogens with two attached hydrogens (primary N) is 1. The lowest BCUT2D eigenvalue weighted by Gasteiger charge is -2.14. The molecule has 22 heavy (non-hydrogen) atoms. The largest absolute Gasteiger partial charge is 0.384 e. The number of nitrogen functional groups attached to an aromatic ring is 1. The molecule has 0 bridgehead atoms. The van der Waals surface area contributed by atoms with Crippen LogP contribution < -0.4 is 16.4 Å². The number of carbonyl (C=O) groups is 1. The lowest BCUT2D eigenvalue weighted by Crippen LogP contribution is -2.28. The van der Waals surface area contributed by atoms with Gasteiger partial charge < -0.3 is 11.1 Å². The Morgan fingerprint density at radius 3 is 2.64 bits per heavy atom. The van der Waals surface area contributed by atoms with Gasteiger partial charge >= 0.3 is 6.03 Å². The smallest absolute Gasteiger partial charge is 0.321 e. The quantitative estimate of drug-likeness (QED) is 0.810. The van der Waals surface area contributed by atoms with Gasteiger partial charge in [0.2, 0.25) is 0 Å². The van der Waals surface area contributed by atoms with E-state index in [1.54, 1.807) is 6.07 Å². The zero-order valence-corrected chi connectivity index (χ0v) is 14.0. The highest BCUT2D eigenvalue weighted by atomic mass is 32.1. The minimum atomic E-state index is -0.289. The number of amides is 2. The standard InChI is InChI=1S/C15H21N5OS/c1-9-5-10(6-12(16)18-9)7-17-13(21)20-14-19-11(8-22-14)15(2,3)4/h5-6,8H,7H2,1-4H3,(H2,16,18)(H2,17,19,20,21). The number of anilines is 2. The number of thiazole rings is 1. The van der Waals surface area contributed by atoms with E-state index >= 15 is 0 Å². The van der Waals surface area contributed by atoms with Crippen molar-refractivity contribution in [2.75, 3.05) is 11.1 Å². The Balaban J connectivity index is 1.92. The molecule has 2 amide bonds. The van der Waals surface area contributed by atoms with Crippen molar-refractivity contribution in [3.63, 3.8) is 0 Å². The maximum atomic E-state index is 11.9. The zero-order valence-electron chi connectivity index (χ0n) is 13.2. The van der Waals surface area contributed by atoms with Gasteiger partial charge in [-0.3, -0.25) is 5.32 Å². The van der Waals surface area contributed by atoms with Gasteiger partial charge in [0.15, 0.2) is 5.13 Å². The van der Waals surface area contributed by atoms with Gasteiger partial charge in [-0.05, 0) is 24.6 Å². The number of hydrogen-bond donors (Lipinski definition) is 3. The number of urea groups is 1. The zero-order chi connectivity index (χ0) is 16.3. The van der Waals surface area contributed by atoms with E-state index in [1.807, 2.05) is 18.4 Å². The molecular weight excluding hydrogens is 298 g/mol. The highest BCUT2D eigenvalue weighted by Gasteiger charge is 2.18. The molecule has 0 unspecified atom stereocenters. The summed E-state index contributed by atoms with van der Waals surface area (Å²) in [5, 5.41) is 8.08. The average Bonchev–Trinajstić information content (AvgIpc) is 2.83. The van der Waals surface area contributed by atoms with Crippen molar-refractivity contribution in [3.05, 3.63) is 34.5 Å². The lowest BCUT2D eigenvalue weighted by molar-refractivity contribution is 0.251. The van der Waals surface area contributed by atoms with Crippen LogP contribution in [0.2, 0.25) is 0 Å².